The maximum absolute atomic E-state index is 12.5. The number of carbonyl (C=O) groups is 1. The first kappa shape index (κ1) is 15.5. The van der Waals surface area contributed by atoms with E-state index in [1.807, 2.05) is 13.0 Å². The highest BCUT2D eigenvalue weighted by atomic mass is 16.5. The highest BCUT2D eigenvalue weighted by Gasteiger charge is 2.60. The van der Waals surface area contributed by atoms with E-state index in [0.29, 0.717) is 24.1 Å². The monoisotopic (exact) mass is 288 g/mol. The van der Waals surface area contributed by atoms with Gasteiger partial charge in [-0.15, -0.1) is 0 Å². The Morgan fingerprint density at radius 2 is 2.19 bits per heavy atom. The molecule has 1 aliphatic rings. The smallest absolute Gasteiger partial charge is 0.237 e. The summed E-state index contributed by atoms with van der Waals surface area (Å²) in [6, 6.07) is 3.62. The summed E-state index contributed by atoms with van der Waals surface area (Å²) >= 11 is 0. The largest absolute Gasteiger partial charge is 0.476 e. The maximum Gasteiger partial charge on any atom is 0.237 e. The van der Waals surface area contributed by atoms with Crippen LogP contribution in [0.5, 0.6) is 5.88 Å². The van der Waals surface area contributed by atoms with Crippen molar-refractivity contribution in [3.05, 3.63) is 30.0 Å². The Morgan fingerprint density at radius 3 is 2.81 bits per heavy atom. The first-order valence-corrected chi connectivity index (χ1v) is 7.41. The minimum absolute atomic E-state index is 0.00193. The third-order valence-electron chi connectivity index (χ3n) is 4.02. The zero-order chi connectivity index (χ0) is 15.6. The van der Waals surface area contributed by atoms with Gasteiger partial charge in [0, 0.05) is 6.20 Å². The summed E-state index contributed by atoms with van der Waals surface area (Å²) in [4.78, 5) is 16.7. The number of rotatable bonds is 5. The number of anilines is 1. The number of allylic oxidation sites excluding steroid dienone is 2. The molecule has 1 saturated carbocycles. The van der Waals surface area contributed by atoms with Crippen molar-refractivity contribution in [3.63, 3.8) is 0 Å². The second-order valence-electron chi connectivity index (χ2n) is 6.35. The number of nitrogens with one attached hydrogen (secondary N) is 1. The number of nitrogens with zero attached hydrogens (tertiary/aromatic N) is 1. The lowest BCUT2D eigenvalue weighted by atomic mass is 10.1. The first-order chi connectivity index (χ1) is 9.87. The fourth-order valence-corrected chi connectivity index (χ4v) is 2.80. The molecule has 0 aliphatic heterocycles. The van der Waals surface area contributed by atoms with E-state index in [1.165, 1.54) is 5.57 Å². The summed E-state index contributed by atoms with van der Waals surface area (Å²) in [5.41, 5.74) is 1.90. The van der Waals surface area contributed by atoms with Gasteiger partial charge in [0.25, 0.3) is 0 Å². The molecule has 1 aromatic rings. The molecule has 4 nitrogen and oxygen atoms in total. The summed E-state index contributed by atoms with van der Waals surface area (Å²) in [7, 11) is 0. The lowest BCUT2D eigenvalue weighted by molar-refractivity contribution is -0.118. The van der Waals surface area contributed by atoms with E-state index in [9.17, 15) is 4.79 Å². The van der Waals surface area contributed by atoms with E-state index in [-0.39, 0.29) is 17.2 Å². The normalized spacial score (nSPS) is 22.3. The van der Waals surface area contributed by atoms with E-state index >= 15 is 0 Å². The summed E-state index contributed by atoms with van der Waals surface area (Å²) < 4.78 is 5.44. The van der Waals surface area contributed by atoms with E-state index in [2.05, 4.69) is 44.1 Å². The fourth-order valence-electron chi connectivity index (χ4n) is 2.80. The van der Waals surface area contributed by atoms with Gasteiger partial charge in [-0.1, -0.05) is 25.5 Å². The Morgan fingerprint density at radius 1 is 1.48 bits per heavy atom. The molecule has 1 fully saturated rings. The molecule has 4 heteroatoms. The quantitative estimate of drug-likeness (QED) is 0.841. The molecular weight excluding hydrogens is 264 g/mol. The van der Waals surface area contributed by atoms with Crippen molar-refractivity contribution in [2.75, 3.05) is 11.9 Å². The zero-order valence-electron chi connectivity index (χ0n) is 13.4. The van der Waals surface area contributed by atoms with Gasteiger partial charge in [0.2, 0.25) is 11.8 Å². The van der Waals surface area contributed by atoms with Crippen LogP contribution >= 0.6 is 0 Å². The van der Waals surface area contributed by atoms with Crippen molar-refractivity contribution >= 4 is 11.6 Å². The summed E-state index contributed by atoms with van der Waals surface area (Å²) in [5.74, 6) is 0.818. The van der Waals surface area contributed by atoms with Crippen molar-refractivity contribution in [3.8, 4) is 5.88 Å². The minimum atomic E-state index is 0.00193. The number of hydrogen-bond donors (Lipinski definition) is 1. The predicted molar refractivity (Wildman–Crippen MR) is 84.2 cm³/mol. The van der Waals surface area contributed by atoms with Crippen LogP contribution in [0.2, 0.25) is 0 Å². The third-order valence-corrected chi connectivity index (χ3v) is 4.02. The Hall–Kier alpha value is -1.84. The van der Waals surface area contributed by atoms with E-state index in [4.69, 9.17) is 4.74 Å². The van der Waals surface area contributed by atoms with Crippen molar-refractivity contribution in [2.24, 2.45) is 17.3 Å². The highest BCUT2D eigenvalue weighted by molar-refractivity contribution is 5.96. The van der Waals surface area contributed by atoms with Gasteiger partial charge in [0.15, 0.2) is 0 Å². The lowest BCUT2D eigenvalue weighted by Gasteiger charge is -2.10. The van der Waals surface area contributed by atoms with Gasteiger partial charge in [-0.3, -0.25) is 4.79 Å². The SMILES string of the molecule is CCOc1ncccc1NC(=O)[C@H]1[C@@H](C=C(C)C)C1(C)C. The second kappa shape index (κ2) is 5.88. The van der Waals surface area contributed by atoms with Gasteiger partial charge >= 0.3 is 0 Å². The zero-order valence-corrected chi connectivity index (χ0v) is 13.4. The number of amides is 1. The third kappa shape index (κ3) is 3.26. The van der Waals surface area contributed by atoms with Crippen LogP contribution in [-0.2, 0) is 4.79 Å². The van der Waals surface area contributed by atoms with E-state index in [1.54, 1.807) is 12.3 Å². The number of aromatic nitrogens is 1. The summed E-state index contributed by atoms with van der Waals surface area (Å²) in [5, 5.41) is 2.96. The van der Waals surface area contributed by atoms with Gasteiger partial charge in [-0.2, -0.15) is 0 Å². The van der Waals surface area contributed by atoms with Crippen molar-refractivity contribution in [1.29, 1.82) is 0 Å². The summed E-state index contributed by atoms with van der Waals surface area (Å²) in [6.45, 7) is 10.8. The maximum atomic E-state index is 12.5. The molecule has 1 aliphatic carbocycles. The van der Waals surface area contributed by atoms with Gasteiger partial charge in [0.05, 0.1) is 12.5 Å². The van der Waals surface area contributed by atoms with Crippen LogP contribution in [0.1, 0.15) is 34.6 Å². The van der Waals surface area contributed by atoms with E-state index < -0.39 is 0 Å². The minimum Gasteiger partial charge on any atom is -0.476 e. The molecule has 114 valence electrons. The Bertz CT molecular complexity index is 560. The number of pyridine rings is 1. The van der Waals surface area contributed by atoms with Crippen molar-refractivity contribution in [2.45, 2.75) is 34.6 Å². The number of hydrogen-bond acceptors (Lipinski definition) is 3. The molecule has 1 heterocycles. The molecule has 1 N–H and O–H groups in total. The van der Waals surface area contributed by atoms with Crippen LogP contribution in [0, 0.1) is 17.3 Å². The molecule has 0 radical (unpaired) electrons. The molecule has 1 aromatic heterocycles. The average Bonchev–Trinajstić information content (AvgIpc) is 2.92. The Balaban J connectivity index is 2.11. The van der Waals surface area contributed by atoms with E-state index in [0.717, 1.165) is 0 Å². The Labute approximate surface area is 126 Å². The standard InChI is InChI=1S/C17H24N2O2/c1-6-21-16-13(8-7-9-18-16)19-15(20)14-12(10-11(2)3)17(14,4)5/h7-10,12,14H,6H2,1-5H3,(H,19,20)/t12-,14-/m1/s1. The average molecular weight is 288 g/mol. The Kier molecular flexibility index (Phi) is 4.35. The lowest BCUT2D eigenvalue weighted by Crippen LogP contribution is -2.17. The van der Waals surface area contributed by atoms with Crippen molar-refractivity contribution < 1.29 is 9.53 Å². The molecule has 2 atom stereocenters. The second-order valence-corrected chi connectivity index (χ2v) is 6.35. The van der Waals surface area contributed by atoms with Gasteiger partial charge in [0.1, 0.15) is 5.69 Å². The van der Waals surface area contributed by atoms with Crippen LogP contribution < -0.4 is 10.1 Å². The van der Waals surface area contributed by atoms with Crippen LogP contribution in [0.3, 0.4) is 0 Å². The van der Waals surface area contributed by atoms with Gasteiger partial charge < -0.3 is 10.1 Å². The molecule has 0 aromatic carbocycles. The first-order valence-electron chi connectivity index (χ1n) is 7.41. The van der Waals surface area contributed by atoms with Crippen molar-refractivity contribution in [1.82, 2.24) is 4.98 Å². The van der Waals surface area contributed by atoms with Gasteiger partial charge in [-0.05, 0) is 44.2 Å². The fraction of sp³-hybridized carbons (Fsp3) is 0.529. The molecule has 2 rings (SSSR count). The molecule has 0 saturated heterocycles. The van der Waals surface area contributed by atoms with Crippen LogP contribution in [0.4, 0.5) is 5.69 Å². The molecule has 0 spiro atoms. The molecular formula is C17H24N2O2. The van der Waals surface area contributed by atoms with Crippen LogP contribution in [-0.4, -0.2) is 17.5 Å². The molecule has 1 amide bonds. The van der Waals surface area contributed by atoms with Crippen LogP contribution in [0.25, 0.3) is 0 Å². The number of ether oxygens (including phenoxy) is 1. The molecule has 21 heavy (non-hydrogen) atoms. The molecule has 0 unspecified atom stereocenters. The topological polar surface area (TPSA) is 51.2 Å². The predicted octanol–water partition coefficient (Wildman–Crippen LogP) is 3.66. The van der Waals surface area contributed by atoms with Crippen LogP contribution in [0.15, 0.2) is 30.0 Å². The van der Waals surface area contributed by atoms with Gasteiger partial charge in [-0.25, -0.2) is 4.98 Å². The molecule has 0 bridgehead atoms. The highest BCUT2D eigenvalue weighted by Crippen LogP contribution is 2.59. The number of carbonyl (C=O) groups excluding carboxylic acids is 1. The summed E-state index contributed by atoms with van der Waals surface area (Å²) in [6.07, 6.45) is 3.85.